The largest absolute Gasteiger partial charge is 0.494 e. The van der Waals surface area contributed by atoms with Gasteiger partial charge in [-0.3, -0.25) is 4.79 Å². The van der Waals surface area contributed by atoms with Crippen molar-refractivity contribution < 1.29 is 23.4 Å². The number of carbonyl (C=O) groups excluding carboxylic acids is 1. The minimum absolute atomic E-state index is 0.0139. The highest BCUT2D eigenvalue weighted by atomic mass is 19.1. The summed E-state index contributed by atoms with van der Waals surface area (Å²) in [6.45, 7) is 8.44. The Balaban J connectivity index is 1.89. The van der Waals surface area contributed by atoms with Crippen molar-refractivity contribution in [2.24, 2.45) is 0 Å². The molecule has 3 aromatic rings. The van der Waals surface area contributed by atoms with E-state index in [1.54, 1.807) is 60.7 Å². The van der Waals surface area contributed by atoms with E-state index in [1.165, 1.54) is 12.1 Å². The third-order valence-corrected chi connectivity index (χ3v) is 5.25. The van der Waals surface area contributed by atoms with Crippen LogP contribution in [-0.2, 0) is 17.8 Å². The Bertz CT molecular complexity index is 1310. The molecule has 3 aromatic carbocycles. The molecule has 0 spiro atoms. The minimum atomic E-state index is -0.547. The first-order chi connectivity index (χ1) is 18.0. The number of ether oxygens (including phenoxy) is 3. The highest BCUT2D eigenvalue weighted by molar-refractivity contribution is 6.09. The zero-order valence-electron chi connectivity index (χ0n) is 20.9. The maximum Gasteiger partial charge on any atom is 0.266 e. The molecule has 0 aliphatic carbocycles. The van der Waals surface area contributed by atoms with E-state index < -0.39 is 5.91 Å². The van der Waals surface area contributed by atoms with E-state index >= 15 is 0 Å². The van der Waals surface area contributed by atoms with Gasteiger partial charge in [-0.05, 0) is 74.4 Å². The first-order valence-corrected chi connectivity index (χ1v) is 11.9. The van der Waals surface area contributed by atoms with E-state index in [2.05, 4.69) is 11.9 Å². The number of carbonyl (C=O) groups is 1. The number of hydrogen-bond acceptors (Lipinski definition) is 5. The predicted molar refractivity (Wildman–Crippen MR) is 142 cm³/mol. The van der Waals surface area contributed by atoms with Gasteiger partial charge in [-0.2, -0.15) is 5.26 Å². The van der Waals surface area contributed by atoms with E-state index in [1.807, 2.05) is 19.9 Å². The Morgan fingerprint density at radius 2 is 1.76 bits per heavy atom. The van der Waals surface area contributed by atoms with Gasteiger partial charge in [-0.15, -0.1) is 6.58 Å². The van der Waals surface area contributed by atoms with E-state index in [0.717, 1.165) is 5.56 Å². The fourth-order valence-electron chi connectivity index (χ4n) is 3.58. The molecule has 3 rings (SSSR count). The predicted octanol–water partition coefficient (Wildman–Crippen LogP) is 6.48. The molecule has 190 valence electrons. The molecular formula is C30H29FN2O4. The molecule has 0 unspecified atom stereocenters. The van der Waals surface area contributed by atoms with Crippen molar-refractivity contribution in [1.29, 1.82) is 5.26 Å². The summed E-state index contributed by atoms with van der Waals surface area (Å²) >= 11 is 0. The molecule has 37 heavy (non-hydrogen) atoms. The Hall–Kier alpha value is -4.57. The van der Waals surface area contributed by atoms with Crippen LogP contribution in [0.2, 0.25) is 0 Å². The molecule has 0 heterocycles. The lowest BCUT2D eigenvalue weighted by Crippen LogP contribution is -2.13. The molecule has 0 saturated heterocycles. The van der Waals surface area contributed by atoms with Crippen molar-refractivity contribution >= 4 is 17.7 Å². The van der Waals surface area contributed by atoms with E-state index in [0.29, 0.717) is 53.7 Å². The van der Waals surface area contributed by atoms with E-state index in [9.17, 15) is 14.4 Å². The van der Waals surface area contributed by atoms with Crippen LogP contribution in [-0.4, -0.2) is 19.1 Å². The molecule has 1 amide bonds. The monoisotopic (exact) mass is 500 g/mol. The van der Waals surface area contributed by atoms with Gasteiger partial charge < -0.3 is 19.5 Å². The van der Waals surface area contributed by atoms with Crippen LogP contribution in [0.15, 0.2) is 78.9 Å². The van der Waals surface area contributed by atoms with Crippen LogP contribution >= 0.6 is 0 Å². The number of allylic oxidation sites excluding steroid dienone is 1. The molecule has 0 bridgehead atoms. The van der Waals surface area contributed by atoms with Crippen LogP contribution in [0.5, 0.6) is 17.2 Å². The summed E-state index contributed by atoms with van der Waals surface area (Å²) in [4.78, 5) is 12.8. The molecule has 0 aliphatic heterocycles. The second-order valence-electron chi connectivity index (χ2n) is 7.89. The van der Waals surface area contributed by atoms with Crippen molar-refractivity contribution in [2.45, 2.75) is 26.9 Å². The van der Waals surface area contributed by atoms with Gasteiger partial charge in [0, 0.05) is 16.8 Å². The molecule has 1 N–H and O–H groups in total. The number of nitrogens with one attached hydrogen (secondary N) is 1. The average molecular weight is 501 g/mol. The standard InChI is InChI=1S/C30H29FN2O4/c1-4-9-22-16-21(17-24(19-32)30(34)33-25-12-14-26(15-13-25)35-5-2)18-28(36-6-3)29(22)37-20-23-10-7-8-11-27(23)31/h4,7-8,10-18H,1,5-6,9,20H2,2-3H3,(H,33,34)/b24-17+. The number of nitriles is 1. The smallest absolute Gasteiger partial charge is 0.266 e. The first-order valence-electron chi connectivity index (χ1n) is 11.9. The molecule has 0 aromatic heterocycles. The van der Waals surface area contributed by atoms with Gasteiger partial charge in [-0.1, -0.05) is 24.3 Å². The van der Waals surface area contributed by atoms with Crippen molar-refractivity contribution in [2.75, 3.05) is 18.5 Å². The molecule has 0 aliphatic rings. The van der Waals surface area contributed by atoms with Crippen LogP contribution < -0.4 is 19.5 Å². The lowest BCUT2D eigenvalue weighted by atomic mass is 10.0. The van der Waals surface area contributed by atoms with Crippen molar-refractivity contribution in [3.63, 3.8) is 0 Å². The summed E-state index contributed by atoms with van der Waals surface area (Å²) in [7, 11) is 0. The molecule has 0 radical (unpaired) electrons. The topological polar surface area (TPSA) is 80.6 Å². The molecule has 0 atom stereocenters. The second kappa shape index (κ2) is 13.5. The maximum absolute atomic E-state index is 14.1. The number of halogens is 1. The Morgan fingerprint density at radius 1 is 1.03 bits per heavy atom. The van der Waals surface area contributed by atoms with Gasteiger partial charge >= 0.3 is 0 Å². The number of benzene rings is 3. The lowest BCUT2D eigenvalue weighted by Gasteiger charge is -2.17. The van der Waals surface area contributed by atoms with Crippen molar-refractivity contribution in [3.8, 4) is 23.3 Å². The number of nitrogens with zero attached hydrogens (tertiary/aromatic N) is 1. The zero-order valence-corrected chi connectivity index (χ0v) is 20.9. The highest BCUT2D eigenvalue weighted by Crippen LogP contribution is 2.35. The second-order valence-corrected chi connectivity index (χ2v) is 7.89. The lowest BCUT2D eigenvalue weighted by molar-refractivity contribution is -0.112. The van der Waals surface area contributed by atoms with Gasteiger partial charge in [0.1, 0.15) is 29.8 Å². The highest BCUT2D eigenvalue weighted by Gasteiger charge is 2.16. The third kappa shape index (κ3) is 7.45. The molecule has 0 saturated carbocycles. The molecular weight excluding hydrogens is 471 g/mol. The number of anilines is 1. The normalized spacial score (nSPS) is 10.8. The SMILES string of the molecule is C=CCc1cc(/C=C(\C#N)C(=O)Nc2ccc(OCC)cc2)cc(OCC)c1OCc1ccccc1F. The first kappa shape index (κ1) is 27.0. The summed E-state index contributed by atoms with van der Waals surface area (Å²) in [6.07, 6.45) is 3.63. The summed E-state index contributed by atoms with van der Waals surface area (Å²) in [5, 5.41) is 12.4. The summed E-state index contributed by atoms with van der Waals surface area (Å²) in [5.41, 5.74) is 2.18. The Morgan fingerprint density at radius 3 is 2.41 bits per heavy atom. The van der Waals surface area contributed by atoms with Crippen LogP contribution in [0, 0.1) is 17.1 Å². The van der Waals surface area contributed by atoms with Gasteiger partial charge in [0.15, 0.2) is 11.5 Å². The summed E-state index contributed by atoms with van der Waals surface area (Å²) in [5.74, 6) is 0.664. The quantitative estimate of drug-likeness (QED) is 0.175. The van der Waals surface area contributed by atoms with Gasteiger partial charge in [0.2, 0.25) is 0 Å². The average Bonchev–Trinajstić information content (AvgIpc) is 2.89. The van der Waals surface area contributed by atoms with Crippen LogP contribution in [0.3, 0.4) is 0 Å². The molecule has 0 fully saturated rings. The molecule has 6 nitrogen and oxygen atoms in total. The minimum Gasteiger partial charge on any atom is -0.494 e. The zero-order chi connectivity index (χ0) is 26.6. The van der Waals surface area contributed by atoms with Gasteiger partial charge in [-0.25, -0.2) is 4.39 Å². The van der Waals surface area contributed by atoms with Gasteiger partial charge in [0.05, 0.1) is 13.2 Å². The third-order valence-electron chi connectivity index (χ3n) is 5.25. The van der Waals surface area contributed by atoms with E-state index in [4.69, 9.17) is 14.2 Å². The summed E-state index contributed by atoms with van der Waals surface area (Å²) < 4.78 is 31.3. The Kier molecular flexibility index (Phi) is 9.86. The van der Waals surface area contributed by atoms with Crippen LogP contribution in [0.25, 0.3) is 6.08 Å². The Labute approximate surface area is 216 Å². The van der Waals surface area contributed by atoms with Crippen LogP contribution in [0.4, 0.5) is 10.1 Å². The molecule has 7 heteroatoms. The van der Waals surface area contributed by atoms with Crippen molar-refractivity contribution in [3.05, 3.63) is 101 Å². The van der Waals surface area contributed by atoms with Crippen molar-refractivity contribution in [1.82, 2.24) is 0 Å². The fourth-order valence-corrected chi connectivity index (χ4v) is 3.58. The maximum atomic E-state index is 14.1. The summed E-state index contributed by atoms with van der Waals surface area (Å²) in [6, 6.07) is 18.7. The van der Waals surface area contributed by atoms with Gasteiger partial charge in [0.25, 0.3) is 5.91 Å². The number of rotatable bonds is 12. The van der Waals surface area contributed by atoms with Crippen LogP contribution in [0.1, 0.15) is 30.5 Å². The number of hydrogen-bond donors (Lipinski definition) is 1. The van der Waals surface area contributed by atoms with E-state index in [-0.39, 0.29) is 18.0 Å². The number of amides is 1. The fraction of sp³-hybridized carbons (Fsp3) is 0.200.